The van der Waals surface area contributed by atoms with Gasteiger partial charge in [0.05, 0.1) is 6.10 Å². The third-order valence-corrected chi connectivity index (χ3v) is 3.70. The van der Waals surface area contributed by atoms with Gasteiger partial charge in [0.1, 0.15) is 0 Å². The Labute approximate surface area is 79.6 Å². The summed E-state index contributed by atoms with van der Waals surface area (Å²) in [6, 6.07) is 0. The highest BCUT2D eigenvalue weighted by atomic mass is 16.5. The second-order valence-electron chi connectivity index (χ2n) is 4.22. The zero-order valence-electron chi connectivity index (χ0n) is 8.15. The quantitative estimate of drug-likeness (QED) is 0.657. The van der Waals surface area contributed by atoms with E-state index in [9.17, 15) is 5.11 Å². The molecule has 2 aliphatic rings. The van der Waals surface area contributed by atoms with Crippen LogP contribution in [0.4, 0.5) is 0 Å². The van der Waals surface area contributed by atoms with Crippen molar-refractivity contribution >= 4 is 0 Å². The van der Waals surface area contributed by atoms with Gasteiger partial charge in [-0.15, -0.1) is 0 Å². The van der Waals surface area contributed by atoms with Gasteiger partial charge in [-0.05, 0) is 31.1 Å². The molecule has 2 rings (SSSR count). The smallest absolute Gasteiger partial charge is 0.0627 e. The molecule has 0 bridgehead atoms. The van der Waals surface area contributed by atoms with E-state index in [0.717, 1.165) is 18.8 Å². The van der Waals surface area contributed by atoms with E-state index in [0.29, 0.717) is 17.9 Å². The summed E-state index contributed by atoms with van der Waals surface area (Å²) in [5.41, 5.74) is 0. The van der Waals surface area contributed by atoms with E-state index in [-0.39, 0.29) is 6.61 Å². The SMILES string of the molecule is CO[C@@H]1C[C@H]2CC=CC[C@@H]2[C@@H]1CO. The van der Waals surface area contributed by atoms with Crippen molar-refractivity contribution in [2.24, 2.45) is 17.8 Å². The van der Waals surface area contributed by atoms with Gasteiger partial charge in [-0.25, -0.2) is 0 Å². The monoisotopic (exact) mass is 182 g/mol. The lowest BCUT2D eigenvalue weighted by Crippen LogP contribution is -2.25. The normalized spacial score (nSPS) is 43.5. The van der Waals surface area contributed by atoms with Crippen molar-refractivity contribution in [2.75, 3.05) is 13.7 Å². The standard InChI is InChI=1S/C11H18O2/c1-13-11-6-8-4-2-3-5-9(8)10(11)7-12/h2-3,8-12H,4-7H2,1H3/t8-,9+,10+,11-/m1/s1. The minimum Gasteiger partial charge on any atom is -0.396 e. The lowest BCUT2D eigenvalue weighted by atomic mass is 9.82. The van der Waals surface area contributed by atoms with E-state index >= 15 is 0 Å². The molecule has 2 nitrogen and oxygen atoms in total. The molecule has 74 valence electrons. The van der Waals surface area contributed by atoms with E-state index in [1.807, 2.05) is 0 Å². The predicted octanol–water partition coefficient (Wildman–Crippen LogP) is 1.60. The van der Waals surface area contributed by atoms with Gasteiger partial charge in [-0.3, -0.25) is 0 Å². The number of methoxy groups -OCH3 is 1. The molecule has 1 fully saturated rings. The summed E-state index contributed by atoms with van der Waals surface area (Å²) >= 11 is 0. The second kappa shape index (κ2) is 3.81. The molecule has 0 heterocycles. The molecule has 0 unspecified atom stereocenters. The Morgan fingerprint density at radius 3 is 2.85 bits per heavy atom. The molecule has 13 heavy (non-hydrogen) atoms. The summed E-state index contributed by atoms with van der Waals surface area (Å²) in [5, 5.41) is 9.30. The Balaban J connectivity index is 2.09. The first-order valence-corrected chi connectivity index (χ1v) is 5.15. The van der Waals surface area contributed by atoms with E-state index < -0.39 is 0 Å². The number of hydrogen-bond donors (Lipinski definition) is 1. The van der Waals surface area contributed by atoms with Crippen molar-refractivity contribution < 1.29 is 9.84 Å². The molecule has 2 heteroatoms. The molecule has 0 radical (unpaired) electrons. The average molecular weight is 182 g/mol. The van der Waals surface area contributed by atoms with Gasteiger partial charge in [-0.1, -0.05) is 12.2 Å². The fourth-order valence-corrected chi connectivity index (χ4v) is 2.96. The van der Waals surface area contributed by atoms with Gasteiger partial charge in [-0.2, -0.15) is 0 Å². The van der Waals surface area contributed by atoms with Crippen LogP contribution < -0.4 is 0 Å². The number of ether oxygens (including phenoxy) is 1. The number of allylic oxidation sites excluding steroid dienone is 2. The van der Waals surface area contributed by atoms with Crippen LogP contribution in [-0.4, -0.2) is 24.9 Å². The summed E-state index contributed by atoms with van der Waals surface area (Å²) < 4.78 is 5.42. The zero-order valence-corrected chi connectivity index (χ0v) is 8.15. The summed E-state index contributed by atoms with van der Waals surface area (Å²) in [5.74, 6) is 1.80. The van der Waals surface area contributed by atoms with Gasteiger partial charge in [0, 0.05) is 19.6 Å². The maximum absolute atomic E-state index is 9.30. The van der Waals surface area contributed by atoms with Crippen LogP contribution in [0.25, 0.3) is 0 Å². The van der Waals surface area contributed by atoms with Crippen LogP contribution in [0.1, 0.15) is 19.3 Å². The number of rotatable bonds is 2. The fourth-order valence-electron chi connectivity index (χ4n) is 2.96. The van der Waals surface area contributed by atoms with E-state index in [1.165, 1.54) is 6.42 Å². The zero-order chi connectivity index (χ0) is 9.26. The minimum absolute atomic E-state index is 0.285. The van der Waals surface area contributed by atoms with Gasteiger partial charge >= 0.3 is 0 Å². The van der Waals surface area contributed by atoms with E-state index in [1.54, 1.807) is 7.11 Å². The molecule has 0 amide bonds. The second-order valence-corrected chi connectivity index (χ2v) is 4.22. The van der Waals surface area contributed by atoms with Crippen molar-refractivity contribution in [3.05, 3.63) is 12.2 Å². The lowest BCUT2D eigenvalue weighted by molar-refractivity contribution is 0.0331. The number of aliphatic hydroxyl groups is 1. The molecular weight excluding hydrogens is 164 g/mol. The number of fused-ring (bicyclic) bond motifs is 1. The van der Waals surface area contributed by atoms with Gasteiger partial charge < -0.3 is 9.84 Å². The highest BCUT2D eigenvalue weighted by molar-refractivity contribution is 5.02. The Morgan fingerprint density at radius 2 is 2.15 bits per heavy atom. The molecule has 0 spiro atoms. The van der Waals surface area contributed by atoms with Crippen molar-refractivity contribution in [3.63, 3.8) is 0 Å². The van der Waals surface area contributed by atoms with Gasteiger partial charge in [0.15, 0.2) is 0 Å². The summed E-state index contributed by atoms with van der Waals surface area (Å²) in [6.07, 6.45) is 8.27. The molecule has 0 aliphatic heterocycles. The van der Waals surface area contributed by atoms with Crippen LogP contribution >= 0.6 is 0 Å². The molecule has 0 aromatic carbocycles. The number of hydrogen-bond acceptors (Lipinski definition) is 2. The van der Waals surface area contributed by atoms with Crippen LogP contribution in [0.2, 0.25) is 0 Å². The van der Waals surface area contributed by atoms with Crippen molar-refractivity contribution in [1.82, 2.24) is 0 Å². The Kier molecular flexibility index (Phi) is 2.70. The van der Waals surface area contributed by atoms with Crippen molar-refractivity contribution in [3.8, 4) is 0 Å². The Hall–Kier alpha value is -0.340. The molecule has 4 atom stereocenters. The van der Waals surface area contributed by atoms with E-state index in [4.69, 9.17) is 4.74 Å². The molecule has 2 aliphatic carbocycles. The Morgan fingerprint density at radius 1 is 1.38 bits per heavy atom. The van der Waals surface area contributed by atoms with E-state index in [2.05, 4.69) is 12.2 Å². The lowest BCUT2D eigenvalue weighted by Gasteiger charge is -2.25. The van der Waals surface area contributed by atoms with Crippen LogP contribution in [0.15, 0.2) is 12.2 Å². The van der Waals surface area contributed by atoms with Crippen LogP contribution in [0.5, 0.6) is 0 Å². The summed E-state index contributed by atoms with van der Waals surface area (Å²) in [7, 11) is 1.76. The first-order chi connectivity index (χ1) is 6.36. The van der Waals surface area contributed by atoms with Crippen LogP contribution in [0.3, 0.4) is 0 Å². The van der Waals surface area contributed by atoms with Gasteiger partial charge in [0.2, 0.25) is 0 Å². The first-order valence-electron chi connectivity index (χ1n) is 5.15. The molecule has 0 saturated heterocycles. The maximum Gasteiger partial charge on any atom is 0.0627 e. The summed E-state index contributed by atoms with van der Waals surface area (Å²) in [4.78, 5) is 0. The third kappa shape index (κ3) is 1.53. The molecule has 0 aromatic rings. The van der Waals surface area contributed by atoms with Crippen molar-refractivity contribution in [1.29, 1.82) is 0 Å². The van der Waals surface area contributed by atoms with Crippen molar-refractivity contribution in [2.45, 2.75) is 25.4 Å². The van der Waals surface area contributed by atoms with Gasteiger partial charge in [0.25, 0.3) is 0 Å². The van der Waals surface area contributed by atoms with Crippen LogP contribution in [-0.2, 0) is 4.74 Å². The largest absolute Gasteiger partial charge is 0.396 e. The Bertz CT molecular complexity index is 200. The number of aliphatic hydroxyl groups excluding tert-OH is 1. The molecule has 0 aromatic heterocycles. The minimum atomic E-state index is 0.285. The molecular formula is C11H18O2. The average Bonchev–Trinajstić information content (AvgIpc) is 2.55. The molecule has 1 N–H and O–H groups in total. The highest BCUT2D eigenvalue weighted by Gasteiger charge is 2.42. The van der Waals surface area contributed by atoms with Crippen LogP contribution in [0, 0.1) is 17.8 Å². The summed E-state index contributed by atoms with van der Waals surface area (Å²) in [6.45, 7) is 0.285. The highest BCUT2D eigenvalue weighted by Crippen LogP contribution is 2.44. The predicted molar refractivity (Wildman–Crippen MR) is 51.3 cm³/mol. The first kappa shape index (κ1) is 9.22. The topological polar surface area (TPSA) is 29.5 Å². The fraction of sp³-hybridized carbons (Fsp3) is 0.818. The molecule has 1 saturated carbocycles. The maximum atomic E-state index is 9.30. The third-order valence-electron chi connectivity index (χ3n) is 3.70.